The van der Waals surface area contributed by atoms with Crippen molar-refractivity contribution in [2.24, 2.45) is 0 Å². The van der Waals surface area contributed by atoms with Gasteiger partial charge in [0.25, 0.3) is 0 Å². The van der Waals surface area contributed by atoms with E-state index >= 15 is 0 Å². The topological polar surface area (TPSA) is 88.8 Å². The number of fused-ring (bicyclic) bond motifs is 1. The van der Waals surface area contributed by atoms with Gasteiger partial charge in [-0.3, -0.25) is 9.59 Å². The number of nitrogens with zero attached hydrogens (tertiary/aromatic N) is 1. The van der Waals surface area contributed by atoms with Crippen molar-refractivity contribution in [3.8, 4) is 5.75 Å². The lowest BCUT2D eigenvalue weighted by Gasteiger charge is -2.15. The molecule has 0 saturated carbocycles. The molecule has 0 N–H and O–H groups in total. The Morgan fingerprint density at radius 3 is 2.32 bits per heavy atom. The number of hydrogen-bond donors (Lipinski definition) is 0. The molecule has 0 bridgehead atoms. The predicted molar refractivity (Wildman–Crippen MR) is 76.2 cm³/mol. The zero-order valence-corrected chi connectivity index (χ0v) is 12.4. The second kappa shape index (κ2) is 6.30. The van der Waals surface area contributed by atoms with Gasteiger partial charge in [0.2, 0.25) is 5.52 Å². The third-order valence-electron chi connectivity index (χ3n) is 3.28. The molecule has 0 unspecified atom stereocenters. The molecular formula is C15H15NO6. The minimum Gasteiger partial charge on any atom is -0.618 e. The standard InChI is InChI=1S/C15H15NO6/c1-20-10-7-9-5-4-6-16(19)13(9)11(8-10)12(14(17)21-2)15(18)22-3/h4-8,12H,1-3H3. The highest BCUT2D eigenvalue weighted by Crippen LogP contribution is 2.30. The Bertz CT molecular complexity index is 711. The molecule has 2 rings (SSSR count). The van der Waals surface area contributed by atoms with Gasteiger partial charge in [0, 0.05) is 6.07 Å². The Morgan fingerprint density at radius 1 is 1.14 bits per heavy atom. The van der Waals surface area contributed by atoms with Crippen LogP contribution in [0.3, 0.4) is 0 Å². The van der Waals surface area contributed by atoms with E-state index < -0.39 is 17.9 Å². The number of carbonyl (C=O) groups is 2. The van der Waals surface area contributed by atoms with Crippen LogP contribution in [0.4, 0.5) is 0 Å². The summed E-state index contributed by atoms with van der Waals surface area (Å²) in [5.41, 5.74) is 0.354. The van der Waals surface area contributed by atoms with Crippen LogP contribution in [-0.2, 0) is 19.1 Å². The maximum absolute atomic E-state index is 12.1. The van der Waals surface area contributed by atoms with E-state index in [4.69, 9.17) is 4.74 Å². The average Bonchev–Trinajstić information content (AvgIpc) is 2.54. The number of aromatic nitrogens is 1. The van der Waals surface area contributed by atoms with Crippen LogP contribution in [-0.4, -0.2) is 33.3 Å². The molecule has 1 aromatic heterocycles. The molecule has 7 nitrogen and oxygen atoms in total. The number of hydrogen-bond acceptors (Lipinski definition) is 6. The maximum Gasteiger partial charge on any atom is 0.324 e. The second-order valence-electron chi connectivity index (χ2n) is 4.47. The molecule has 0 fully saturated rings. The summed E-state index contributed by atoms with van der Waals surface area (Å²) in [6.45, 7) is 0. The van der Waals surface area contributed by atoms with Crippen LogP contribution in [0.2, 0.25) is 0 Å². The van der Waals surface area contributed by atoms with Gasteiger partial charge in [-0.1, -0.05) is 0 Å². The highest BCUT2D eigenvalue weighted by molar-refractivity contribution is 6.04. The van der Waals surface area contributed by atoms with Crippen molar-refractivity contribution in [1.82, 2.24) is 0 Å². The van der Waals surface area contributed by atoms with Crippen molar-refractivity contribution < 1.29 is 28.5 Å². The number of pyridine rings is 1. The van der Waals surface area contributed by atoms with Crippen molar-refractivity contribution in [3.63, 3.8) is 0 Å². The van der Waals surface area contributed by atoms with Crippen LogP contribution in [0.5, 0.6) is 5.75 Å². The Morgan fingerprint density at radius 2 is 1.77 bits per heavy atom. The Kier molecular flexibility index (Phi) is 4.45. The summed E-state index contributed by atoms with van der Waals surface area (Å²) in [6.07, 6.45) is 1.28. The molecule has 0 spiro atoms. The van der Waals surface area contributed by atoms with Crippen LogP contribution in [0.15, 0.2) is 30.5 Å². The van der Waals surface area contributed by atoms with Gasteiger partial charge >= 0.3 is 11.9 Å². The predicted octanol–water partition coefficient (Wildman–Crippen LogP) is 0.911. The molecule has 0 amide bonds. The van der Waals surface area contributed by atoms with Crippen LogP contribution in [0.25, 0.3) is 10.9 Å². The van der Waals surface area contributed by atoms with E-state index in [1.54, 1.807) is 18.2 Å². The first-order valence-corrected chi connectivity index (χ1v) is 6.39. The number of rotatable bonds is 4. The first-order valence-electron chi connectivity index (χ1n) is 6.39. The van der Waals surface area contributed by atoms with E-state index in [1.807, 2.05) is 0 Å². The Hall–Kier alpha value is -2.83. The van der Waals surface area contributed by atoms with Crippen molar-refractivity contribution in [3.05, 3.63) is 41.2 Å². The van der Waals surface area contributed by atoms with Crippen LogP contribution >= 0.6 is 0 Å². The zero-order valence-electron chi connectivity index (χ0n) is 12.4. The molecule has 0 aliphatic rings. The number of ether oxygens (including phenoxy) is 3. The van der Waals surface area contributed by atoms with E-state index in [-0.39, 0.29) is 11.1 Å². The summed E-state index contributed by atoms with van der Waals surface area (Å²) in [5, 5.41) is 12.6. The van der Waals surface area contributed by atoms with E-state index in [0.29, 0.717) is 15.9 Å². The SMILES string of the molecule is COC(=O)C(C(=O)OC)c1cc(OC)cc2ccc[n+]([O-])c12. The molecule has 0 atom stereocenters. The fourth-order valence-electron chi connectivity index (χ4n) is 2.26. The average molecular weight is 305 g/mol. The van der Waals surface area contributed by atoms with Gasteiger partial charge in [0.1, 0.15) is 5.75 Å². The molecule has 7 heteroatoms. The second-order valence-corrected chi connectivity index (χ2v) is 4.47. The summed E-state index contributed by atoms with van der Waals surface area (Å²) in [6, 6.07) is 6.33. The molecular weight excluding hydrogens is 290 g/mol. The van der Waals surface area contributed by atoms with Crippen molar-refractivity contribution in [2.75, 3.05) is 21.3 Å². The third-order valence-corrected chi connectivity index (χ3v) is 3.28. The van der Waals surface area contributed by atoms with Crippen LogP contribution < -0.4 is 9.47 Å². The summed E-state index contributed by atoms with van der Waals surface area (Å²) in [4.78, 5) is 24.0. The van der Waals surface area contributed by atoms with Crippen molar-refractivity contribution in [1.29, 1.82) is 0 Å². The summed E-state index contributed by atoms with van der Waals surface area (Å²) in [7, 11) is 3.77. The summed E-state index contributed by atoms with van der Waals surface area (Å²) < 4.78 is 15.1. The number of methoxy groups -OCH3 is 3. The fraction of sp³-hybridized carbons (Fsp3) is 0.267. The molecule has 2 aromatic rings. The minimum atomic E-state index is -1.37. The smallest absolute Gasteiger partial charge is 0.324 e. The number of carbonyl (C=O) groups excluding carboxylic acids is 2. The molecule has 0 saturated heterocycles. The molecule has 0 radical (unpaired) electrons. The highest BCUT2D eigenvalue weighted by Gasteiger charge is 2.35. The van der Waals surface area contributed by atoms with Crippen molar-refractivity contribution in [2.45, 2.75) is 5.92 Å². The molecule has 116 valence electrons. The Balaban J connectivity index is 2.80. The van der Waals surface area contributed by atoms with Gasteiger partial charge in [0.15, 0.2) is 12.1 Å². The first-order chi connectivity index (χ1) is 10.5. The number of benzene rings is 1. The summed E-state index contributed by atoms with van der Waals surface area (Å²) >= 11 is 0. The zero-order chi connectivity index (χ0) is 16.3. The van der Waals surface area contributed by atoms with Crippen molar-refractivity contribution >= 4 is 22.8 Å². The Labute approximate surface area is 126 Å². The van der Waals surface area contributed by atoms with Crippen LogP contribution in [0, 0.1) is 5.21 Å². The number of esters is 2. The van der Waals surface area contributed by atoms with Gasteiger partial charge in [-0.2, -0.15) is 4.73 Å². The van der Waals surface area contributed by atoms with Gasteiger partial charge < -0.3 is 19.4 Å². The van der Waals surface area contributed by atoms with Crippen LogP contribution in [0.1, 0.15) is 11.5 Å². The van der Waals surface area contributed by atoms with Gasteiger partial charge in [-0.25, -0.2) is 0 Å². The molecule has 0 aliphatic carbocycles. The molecule has 0 aliphatic heterocycles. The van der Waals surface area contributed by atoms with E-state index in [0.717, 1.165) is 14.2 Å². The monoisotopic (exact) mass is 305 g/mol. The molecule has 1 aromatic carbocycles. The lowest BCUT2D eigenvalue weighted by atomic mass is 9.95. The molecule has 1 heterocycles. The van der Waals surface area contributed by atoms with E-state index in [9.17, 15) is 14.8 Å². The highest BCUT2D eigenvalue weighted by atomic mass is 16.5. The third kappa shape index (κ3) is 2.65. The van der Waals surface area contributed by atoms with E-state index in [1.165, 1.54) is 19.4 Å². The minimum absolute atomic E-state index is 0.170. The fourth-order valence-corrected chi connectivity index (χ4v) is 2.26. The lowest BCUT2D eigenvalue weighted by molar-refractivity contribution is -0.577. The molecule has 22 heavy (non-hydrogen) atoms. The van der Waals surface area contributed by atoms with Gasteiger partial charge in [0.05, 0.1) is 32.3 Å². The normalized spacial score (nSPS) is 10.5. The lowest BCUT2D eigenvalue weighted by Crippen LogP contribution is -2.31. The van der Waals surface area contributed by atoms with Gasteiger partial charge in [-0.05, 0) is 18.2 Å². The quantitative estimate of drug-likeness (QED) is 0.361. The maximum atomic E-state index is 12.1. The summed E-state index contributed by atoms with van der Waals surface area (Å²) in [5.74, 6) is -2.59. The van der Waals surface area contributed by atoms with E-state index in [2.05, 4.69) is 9.47 Å². The van der Waals surface area contributed by atoms with Gasteiger partial charge in [-0.15, -0.1) is 0 Å². The largest absolute Gasteiger partial charge is 0.618 e. The first kappa shape index (κ1) is 15.6.